The minimum Gasteiger partial charge on any atom is -0.387 e. The Morgan fingerprint density at radius 3 is 2.84 bits per heavy atom. The normalized spacial score (nSPS) is 26.6. The molecule has 1 aliphatic heterocycles. The maximum Gasteiger partial charge on any atom is 0.529 e. The van der Waals surface area contributed by atoms with Crippen LogP contribution in [0.2, 0.25) is 0 Å². The number of phosphoric ester groups is 1. The summed E-state index contributed by atoms with van der Waals surface area (Å²) in [6.45, 7) is -0.653. The molecule has 0 radical (unpaired) electrons. The molecule has 16 heteroatoms. The minimum atomic E-state index is -4.82. The zero-order valence-corrected chi connectivity index (χ0v) is 18.1. The summed E-state index contributed by atoms with van der Waals surface area (Å²) in [5, 5.41) is 20.6. The second kappa shape index (κ2) is 9.75. The van der Waals surface area contributed by atoms with Crippen molar-refractivity contribution in [1.82, 2.24) is 19.5 Å². The smallest absolute Gasteiger partial charge is 0.387 e. The second-order valence-corrected chi connectivity index (χ2v) is 9.06. The summed E-state index contributed by atoms with van der Waals surface area (Å²) >= 11 is 1.45. The van der Waals surface area contributed by atoms with Crippen molar-refractivity contribution in [3.8, 4) is 0 Å². The van der Waals surface area contributed by atoms with Gasteiger partial charge in [-0.25, -0.2) is 24.3 Å². The van der Waals surface area contributed by atoms with Crippen molar-refractivity contribution in [3.05, 3.63) is 12.7 Å². The van der Waals surface area contributed by atoms with Crippen molar-refractivity contribution in [3.63, 3.8) is 0 Å². The number of hydrogen-bond acceptors (Lipinski definition) is 13. The SMILES string of the molecule is CSCC[C@H](N)C(=O)OP(=O)(O)OC[C@H]1O[C@@H](n2cnc3c(N)ncnc32)[C@H](O)[C@@H]1O. The van der Waals surface area contributed by atoms with Crippen LogP contribution in [-0.2, 0) is 23.1 Å². The van der Waals surface area contributed by atoms with E-state index in [-0.39, 0.29) is 23.4 Å². The summed E-state index contributed by atoms with van der Waals surface area (Å²) in [6.07, 6.45) is -0.705. The van der Waals surface area contributed by atoms with E-state index >= 15 is 0 Å². The van der Waals surface area contributed by atoms with E-state index in [1.165, 1.54) is 29.0 Å². The fraction of sp³-hybridized carbons (Fsp3) is 0.600. The molecule has 2 aromatic rings. The van der Waals surface area contributed by atoms with Gasteiger partial charge >= 0.3 is 13.8 Å². The average molecular weight is 478 g/mol. The van der Waals surface area contributed by atoms with Crippen LogP contribution in [0.3, 0.4) is 0 Å². The van der Waals surface area contributed by atoms with Gasteiger partial charge in [0.1, 0.15) is 36.2 Å². The molecule has 0 spiro atoms. The van der Waals surface area contributed by atoms with Gasteiger partial charge in [0.2, 0.25) is 0 Å². The fourth-order valence-electron chi connectivity index (χ4n) is 2.89. The van der Waals surface area contributed by atoms with E-state index in [1.807, 2.05) is 6.26 Å². The summed E-state index contributed by atoms with van der Waals surface area (Å²) in [7, 11) is -4.82. The number of aromatic nitrogens is 4. The quantitative estimate of drug-likeness (QED) is 0.267. The molecule has 1 unspecified atom stereocenters. The Hall–Kier alpha value is -1.84. The van der Waals surface area contributed by atoms with Gasteiger partial charge in [0, 0.05) is 0 Å². The Balaban J connectivity index is 1.63. The molecule has 0 saturated carbocycles. The fourth-order valence-corrected chi connectivity index (χ4v) is 4.13. The molecule has 3 rings (SSSR count). The first kappa shape index (κ1) is 23.8. The summed E-state index contributed by atoms with van der Waals surface area (Å²) < 4.78 is 28.2. The van der Waals surface area contributed by atoms with E-state index in [0.29, 0.717) is 5.75 Å². The van der Waals surface area contributed by atoms with Gasteiger partial charge < -0.3 is 30.9 Å². The largest absolute Gasteiger partial charge is 0.529 e. The minimum absolute atomic E-state index is 0.121. The van der Waals surface area contributed by atoms with Crippen LogP contribution in [0, 0.1) is 0 Å². The number of aliphatic hydroxyl groups excluding tert-OH is 2. The van der Waals surface area contributed by atoms with Crippen molar-refractivity contribution >= 4 is 42.5 Å². The van der Waals surface area contributed by atoms with Crippen LogP contribution in [0.15, 0.2) is 12.7 Å². The zero-order valence-electron chi connectivity index (χ0n) is 16.3. The van der Waals surface area contributed by atoms with Crippen molar-refractivity contribution in [2.45, 2.75) is 37.0 Å². The van der Waals surface area contributed by atoms with Gasteiger partial charge in [0.25, 0.3) is 0 Å². The molecule has 7 N–H and O–H groups in total. The van der Waals surface area contributed by atoms with Crippen LogP contribution >= 0.6 is 19.6 Å². The highest BCUT2D eigenvalue weighted by Crippen LogP contribution is 2.45. The van der Waals surface area contributed by atoms with Gasteiger partial charge in [-0.05, 0) is 18.4 Å². The van der Waals surface area contributed by atoms with Crippen molar-refractivity contribution in [1.29, 1.82) is 0 Å². The third kappa shape index (κ3) is 5.32. The third-order valence-electron chi connectivity index (χ3n) is 4.54. The molecular weight excluding hydrogens is 455 g/mol. The summed E-state index contributed by atoms with van der Waals surface area (Å²) in [5.74, 6) is -0.406. The maximum absolute atomic E-state index is 12.1. The number of fused-ring (bicyclic) bond motifs is 1. The molecule has 1 saturated heterocycles. The van der Waals surface area contributed by atoms with Gasteiger partial charge in [-0.2, -0.15) is 11.8 Å². The molecule has 3 heterocycles. The topological polar surface area (TPSA) is 218 Å². The Kier molecular flexibility index (Phi) is 7.49. The average Bonchev–Trinajstić information content (AvgIpc) is 3.27. The van der Waals surface area contributed by atoms with E-state index in [9.17, 15) is 24.5 Å². The molecule has 0 amide bonds. The lowest BCUT2D eigenvalue weighted by molar-refractivity contribution is -0.137. The monoisotopic (exact) mass is 478 g/mol. The highest BCUT2D eigenvalue weighted by Gasteiger charge is 2.45. The third-order valence-corrected chi connectivity index (χ3v) is 6.07. The molecule has 14 nitrogen and oxygen atoms in total. The van der Waals surface area contributed by atoms with E-state index < -0.39 is 51.0 Å². The lowest BCUT2D eigenvalue weighted by Crippen LogP contribution is -2.34. The van der Waals surface area contributed by atoms with Crippen LogP contribution in [0.25, 0.3) is 11.2 Å². The number of carbonyl (C=O) groups is 1. The van der Waals surface area contributed by atoms with Gasteiger partial charge in [-0.15, -0.1) is 0 Å². The maximum atomic E-state index is 12.1. The number of anilines is 1. The number of phosphoric acid groups is 1. The van der Waals surface area contributed by atoms with Gasteiger partial charge in [0.05, 0.1) is 12.9 Å². The number of hydrogen-bond donors (Lipinski definition) is 5. The predicted molar refractivity (Wildman–Crippen MR) is 109 cm³/mol. The molecule has 6 atom stereocenters. The molecule has 2 aromatic heterocycles. The Labute approximate surface area is 180 Å². The van der Waals surface area contributed by atoms with Gasteiger partial charge in [-0.1, -0.05) is 0 Å². The molecular formula is C15H23N6O8PS. The number of nitrogens with zero attached hydrogens (tertiary/aromatic N) is 4. The Morgan fingerprint density at radius 1 is 1.39 bits per heavy atom. The molecule has 31 heavy (non-hydrogen) atoms. The van der Waals surface area contributed by atoms with Crippen LogP contribution < -0.4 is 11.5 Å². The summed E-state index contributed by atoms with van der Waals surface area (Å²) in [5.41, 5.74) is 11.9. The van der Waals surface area contributed by atoms with Crippen molar-refractivity contribution in [2.75, 3.05) is 24.3 Å². The molecule has 1 fully saturated rings. The van der Waals surface area contributed by atoms with Gasteiger partial charge in [-0.3, -0.25) is 14.0 Å². The summed E-state index contributed by atoms with van der Waals surface area (Å²) in [4.78, 5) is 33.5. The predicted octanol–water partition coefficient (Wildman–Crippen LogP) is -1.23. The van der Waals surface area contributed by atoms with E-state index in [0.717, 1.165) is 0 Å². The van der Waals surface area contributed by atoms with Crippen molar-refractivity contribution < 1.29 is 38.3 Å². The van der Waals surface area contributed by atoms with E-state index in [1.54, 1.807) is 0 Å². The summed E-state index contributed by atoms with van der Waals surface area (Å²) in [6, 6.07) is -1.08. The number of ether oxygens (including phenoxy) is 1. The first-order valence-electron chi connectivity index (χ1n) is 9.04. The zero-order chi connectivity index (χ0) is 22.8. The first-order valence-corrected chi connectivity index (χ1v) is 11.9. The number of imidazole rings is 1. The molecule has 0 aromatic carbocycles. The molecule has 0 bridgehead atoms. The number of thioether (sulfide) groups is 1. The van der Waals surface area contributed by atoms with Crippen LogP contribution in [-0.4, -0.2) is 83.6 Å². The van der Waals surface area contributed by atoms with Gasteiger partial charge in [0.15, 0.2) is 17.7 Å². The first-order chi connectivity index (χ1) is 14.6. The van der Waals surface area contributed by atoms with Crippen LogP contribution in [0.4, 0.5) is 5.82 Å². The van der Waals surface area contributed by atoms with E-state index in [2.05, 4.69) is 19.5 Å². The number of carbonyl (C=O) groups excluding carboxylic acids is 1. The highest BCUT2D eigenvalue weighted by molar-refractivity contribution is 7.98. The van der Waals surface area contributed by atoms with Crippen LogP contribution in [0.5, 0.6) is 0 Å². The van der Waals surface area contributed by atoms with Crippen LogP contribution in [0.1, 0.15) is 12.6 Å². The molecule has 1 aliphatic rings. The Bertz CT molecular complexity index is 978. The lowest BCUT2D eigenvalue weighted by atomic mass is 10.1. The Morgan fingerprint density at radius 2 is 2.13 bits per heavy atom. The lowest BCUT2D eigenvalue weighted by Gasteiger charge is -2.18. The molecule has 172 valence electrons. The standard InChI is InChI=1S/C15H23N6O8PS/c1-31-3-2-7(16)15(24)29-30(25,26)27-4-8-10(22)11(23)14(28-8)21-6-20-9-12(17)18-5-19-13(9)21/h5-8,10-11,14,22-23H,2-4,16H2,1H3,(H,25,26)(H2,17,18,19)/t7-,8+,10+,11+,14+/m0/s1. The number of nitrogen functional groups attached to an aromatic ring is 1. The van der Waals surface area contributed by atoms with Crippen molar-refractivity contribution in [2.24, 2.45) is 5.73 Å². The van der Waals surface area contributed by atoms with E-state index in [4.69, 9.17) is 20.7 Å². The number of nitrogens with two attached hydrogens (primary N) is 2. The second-order valence-electron chi connectivity index (χ2n) is 6.69. The number of aliphatic hydroxyl groups is 2. The number of rotatable bonds is 9. The highest BCUT2D eigenvalue weighted by atomic mass is 32.2. The molecule has 0 aliphatic carbocycles.